The molecule has 1 saturated heterocycles. The summed E-state index contributed by atoms with van der Waals surface area (Å²) in [6.07, 6.45) is 1.59. The maximum absolute atomic E-state index is 12.6. The molecule has 0 saturated carbocycles. The van der Waals surface area contributed by atoms with Gasteiger partial charge in [-0.1, -0.05) is 0 Å². The molecule has 0 aromatic heterocycles. The fraction of sp³-hybridized carbons (Fsp3) is 0.917. The van der Waals surface area contributed by atoms with Crippen LogP contribution in [0.4, 0.5) is 0 Å². The zero-order valence-electron chi connectivity index (χ0n) is 13.2. The standard InChI is InChI=1S/C10H21NO3P.C2H4O2.Hg/c1-8(2)9-6-7-10(3,11-9)15(12,13-4)14-5;1-2(3)4;/h9,11H,6-7H2,1-5H3;1H3,(H,3,4);/q;;+1/p-1. The Morgan fingerprint density at radius 1 is 1.40 bits per heavy atom. The van der Waals surface area contributed by atoms with E-state index in [0.717, 1.165) is 6.42 Å². The predicted molar refractivity (Wildman–Crippen MR) is 72.0 cm³/mol. The Labute approximate surface area is 133 Å². The zero-order valence-corrected chi connectivity index (χ0v) is 19.6. The van der Waals surface area contributed by atoms with E-state index >= 15 is 0 Å². The second-order valence-corrected chi connectivity index (χ2v) is 18.2. The third kappa shape index (κ3) is 3.83. The van der Waals surface area contributed by atoms with E-state index in [2.05, 4.69) is 19.2 Å². The summed E-state index contributed by atoms with van der Waals surface area (Å²) in [4.78, 5) is 11.0. The van der Waals surface area contributed by atoms with Crippen molar-refractivity contribution in [3.05, 3.63) is 0 Å². The Hall–Kier alpha value is 0.515. The van der Waals surface area contributed by atoms with Gasteiger partial charge in [-0.05, 0) is 0 Å². The van der Waals surface area contributed by atoms with Crippen LogP contribution >= 0.6 is 7.60 Å². The van der Waals surface area contributed by atoms with E-state index in [0.29, 0.717) is 6.42 Å². The molecule has 1 heterocycles. The minimum absolute atomic E-state index is 0.0320. The van der Waals surface area contributed by atoms with Gasteiger partial charge in [0.1, 0.15) is 0 Å². The molecule has 1 fully saturated rings. The van der Waals surface area contributed by atoms with Crippen molar-refractivity contribution in [3.8, 4) is 0 Å². The number of rotatable bonds is 6. The number of nitrogens with one attached hydrogen (secondary N) is 1. The first-order valence-corrected chi connectivity index (χ1v) is 13.3. The van der Waals surface area contributed by atoms with Crippen molar-refractivity contribution in [2.45, 2.75) is 54.8 Å². The van der Waals surface area contributed by atoms with E-state index in [4.69, 9.17) is 11.7 Å². The molecule has 0 spiro atoms. The molecule has 1 aliphatic heterocycles. The van der Waals surface area contributed by atoms with E-state index in [1.54, 1.807) is 0 Å². The van der Waals surface area contributed by atoms with Gasteiger partial charge in [0.05, 0.1) is 0 Å². The molecular weight excluding hydrogens is 470 g/mol. The number of carbonyl (C=O) groups excluding carboxylic acids is 1. The van der Waals surface area contributed by atoms with Crippen LogP contribution in [0.1, 0.15) is 40.5 Å². The third-order valence-electron chi connectivity index (χ3n) is 4.08. The molecule has 0 aromatic rings. The van der Waals surface area contributed by atoms with E-state index < -0.39 is 37.9 Å². The summed E-state index contributed by atoms with van der Waals surface area (Å²) in [5.74, 6) is -0.194. The van der Waals surface area contributed by atoms with Crippen molar-refractivity contribution >= 4 is 13.6 Å². The van der Waals surface area contributed by atoms with Crippen LogP contribution in [0.25, 0.3) is 0 Å². The van der Waals surface area contributed by atoms with Gasteiger partial charge >= 0.3 is 134 Å². The van der Waals surface area contributed by atoms with Crippen molar-refractivity contribution in [1.82, 2.24) is 5.32 Å². The number of hydrogen-bond donors (Lipinski definition) is 1. The molecule has 20 heavy (non-hydrogen) atoms. The van der Waals surface area contributed by atoms with Crippen LogP contribution in [0.3, 0.4) is 0 Å². The van der Waals surface area contributed by atoms with Crippen LogP contribution in [-0.4, -0.2) is 31.5 Å². The minimum atomic E-state index is -3.18. The second-order valence-electron chi connectivity index (χ2n) is 6.14. The summed E-state index contributed by atoms with van der Waals surface area (Å²) in [5.41, 5.74) is 0. The quantitative estimate of drug-likeness (QED) is 0.453. The Morgan fingerprint density at radius 2 is 1.95 bits per heavy atom. The SMILES string of the molecule is COP(=O)(OC)C1(C)CCC([C](C)(C)[Hg][O]C(C)=O)N1. The van der Waals surface area contributed by atoms with Gasteiger partial charge in [0, 0.05) is 0 Å². The van der Waals surface area contributed by atoms with Crippen molar-refractivity contribution in [2.24, 2.45) is 0 Å². The first-order valence-electron chi connectivity index (χ1n) is 6.73. The van der Waals surface area contributed by atoms with Crippen LogP contribution < -0.4 is 5.32 Å². The van der Waals surface area contributed by atoms with Crippen LogP contribution in [0, 0.1) is 0 Å². The van der Waals surface area contributed by atoms with Gasteiger partial charge in [0.2, 0.25) is 0 Å². The normalized spacial score (nSPS) is 27.2. The van der Waals surface area contributed by atoms with Crippen LogP contribution in [0.5, 0.6) is 0 Å². The molecule has 0 bridgehead atoms. The molecule has 1 rings (SSSR count). The summed E-state index contributed by atoms with van der Waals surface area (Å²) in [7, 11) is -0.357. The van der Waals surface area contributed by atoms with Gasteiger partial charge < -0.3 is 0 Å². The summed E-state index contributed by atoms with van der Waals surface area (Å²) in [5, 5.41) is 2.75. The van der Waals surface area contributed by atoms with Crippen molar-refractivity contribution in [2.75, 3.05) is 14.2 Å². The molecular formula is C12H24HgNO5P. The molecule has 8 heteroatoms. The van der Waals surface area contributed by atoms with Gasteiger partial charge in [-0.3, -0.25) is 0 Å². The van der Waals surface area contributed by atoms with Crippen LogP contribution in [-0.2, 0) is 46.1 Å². The zero-order chi connectivity index (χ0) is 15.6. The van der Waals surface area contributed by atoms with Gasteiger partial charge in [0.25, 0.3) is 0 Å². The summed E-state index contributed by atoms with van der Waals surface area (Å²) >= 11 is -1.83. The summed E-state index contributed by atoms with van der Waals surface area (Å²) < 4.78 is 28.2. The van der Waals surface area contributed by atoms with Gasteiger partial charge in [-0.2, -0.15) is 0 Å². The average Bonchev–Trinajstić information content (AvgIpc) is 2.80. The third-order valence-corrected chi connectivity index (χ3v) is 13.6. The summed E-state index contributed by atoms with van der Waals surface area (Å²) in [6, 6.07) is 0.173. The van der Waals surface area contributed by atoms with Crippen molar-refractivity contribution in [3.63, 3.8) is 0 Å². The Balaban J connectivity index is 2.80. The monoisotopic (exact) mass is 495 g/mol. The second kappa shape index (κ2) is 6.74. The van der Waals surface area contributed by atoms with E-state index in [9.17, 15) is 9.36 Å². The first kappa shape index (κ1) is 18.6. The first-order chi connectivity index (χ1) is 9.10. The molecule has 0 radical (unpaired) electrons. The molecule has 114 valence electrons. The molecule has 0 aliphatic carbocycles. The molecule has 0 aromatic carbocycles. The number of hydrogen-bond acceptors (Lipinski definition) is 6. The maximum atomic E-state index is 12.6. The molecule has 1 aliphatic rings. The van der Waals surface area contributed by atoms with Crippen LogP contribution in [0.15, 0.2) is 0 Å². The van der Waals surface area contributed by atoms with E-state index in [-0.39, 0.29) is 14.9 Å². The molecule has 2 atom stereocenters. The van der Waals surface area contributed by atoms with Crippen molar-refractivity contribution < 1.29 is 46.1 Å². The molecule has 0 amide bonds. The van der Waals surface area contributed by atoms with Crippen molar-refractivity contribution in [1.29, 1.82) is 0 Å². The number of carbonyl (C=O) groups is 1. The molecule has 1 N–H and O–H groups in total. The topological polar surface area (TPSA) is 73.9 Å². The Morgan fingerprint density at radius 3 is 2.40 bits per heavy atom. The summed E-state index contributed by atoms with van der Waals surface area (Å²) in [6.45, 7) is 7.56. The molecule has 6 nitrogen and oxygen atoms in total. The van der Waals surface area contributed by atoms with Gasteiger partial charge in [-0.15, -0.1) is 0 Å². The fourth-order valence-corrected chi connectivity index (χ4v) is 8.49. The van der Waals surface area contributed by atoms with Gasteiger partial charge in [-0.25, -0.2) is 0 Å². The van der Waals surface area contributed by atoms with E-state index in [1.165, 1.54) is 21.1 Å². The Bertz CT molecular complexity index is 409. The van der Waals surface area contributed by atoms with Gasteiger partial charge in [0.15, 0.2) is 0 Å². The average molecular weight is 494 g/mol. The molecule has 2 unspecified atom stereocenters. The predicted octanol–water partition coefficient (Wildman–Crippen LogP) is 2.70. The van der Waals surface area contributed by atoms with Crippen LogP contribution in [0.2, 0.25) is 2.92 Å². The van der Waals surface area contributed by atoms with E-state index in [1.807, 2.05) is 6.92 Å². The fourth-order valence-electron chi connectivity index (χ4n) is 2.61. The Kier molecular flexibility index (Phi) is 6.25.